The minimum Gasteiger partial charge on any atom is -0.465 e. The molecule has 2 aromatic carbocycles. The van der Waals surface area contributed by atoms with Crippen LogP contribution < -0.4 is 15.7 Å². The number of amides is 1. The van der Waals surface area contributed by atoms with E-state index in [1.165, 1.54) is 18.4 Å². The number of rotatable bonds is 7. The van der Waals surface area contributed by atoms with E-state index in [-0.39, 0.29) is 17.6 Å². The van der Waals surface area contributed by atoms with Crippen molar-refractivity contribution in [2.75, 3.05) is 19.0 Å². The van der Waals surface area contributed by atoms with Crippen molar-refractivity contribution in [3.63, 3.8) is 0 Å². The molecule has 1 aromatic heterocycles. The molecule has 32 heavy (non-hydrogen) atoms. The average molecular weight is 533 g/mol. The highest BCUT2D eigenvalue weighted by atomic mass is 79.9. The molecule has 168 valence electrons. The van der Waals surface area contributed by atoms with Crippen LogP contribution in [0.25, 0.3) is 0 Å². The number of benzene rings is 2. The van der Waals surface area contributed by atoms with Gasteiger partial charge < -0.3 is 14.5 Å². The smallest absolute Gasteiger partial charge is 0.342 e. The summed E-state index contributed by atoms with van der Waals surface area (Å²) >= 11 is 4.60. The number of carbonyl (C=O) groups is 2. The Kier molecular flexibility index (Phi) is 7.71. The van der Waals surface area contributed by atoms with Gasteiger partial charge >= 0.3 is 5.97 Å². The summed E-state index contributed by atoms with van der Waals surface area (Å²) in [5.41, 5.74) is 0.302. The Morgan fingerprint density at radius 1 is 1.00 bits per heavy atom. The van der Waals surface area contributed by atoms with Crippen LogP contribution in [0, 0.1) is 0 Å². The molecule has 0 spiro atoms. The number of ether oxygens (including phenoxy) is 1. The lowest BCUT2D eigenvalue weighted by atomic mass is 10.2. The van der Waals surface area contributed by atoms with Gasteiger partial charge in [0.1, 0.15) is 17.2 Å². The quantitative estimate of drug-likeness (QED) is 0.351. The van der Waals surface area contributed by atoms with E-state index >= 15 is 0 Å². The first-order valence-electron chi connectivity index (χ1n) is 10.1. The standard InChI is InChI=1S/C24H26BrNO4SSi/c1-24(2,3)32(17-11-7-5-8-12-17,18-13-9-6-10-14-18)30-15-20(27)26-22-21(23(28)29-4)19(25)16-31-22/h5-14,16H,15H2,1-4H3,(H,26,27). The van der Waals surface area contributed by atoms with Crippen LogP contribution in [0.1, 0.15) is 31.1 Å². The summed E-state index contributed by atoms with van der Waals surface area (Å²) in [4.78, 5) is 25.0. The molecule has 1 amide bonds. The second kappa shape index (κ2) is 10.1. The van der Waals surface area contributed by atoms with Crippen LogP contribution in [0.15, 0.2) is 70.5 Å². The van der Waals surface area contributed by atoms with Gasteiger partial charge in [0.25, 0.3) is 8.32 Å². The summed E-state index contributed by atoms with van der Waals surface area (Å²) in [5.74, 6) is -0.834. The molecule has 0 saturated carbocycles. The molecule has 1 heterocycles. The molecule has 1 N–H and O–H groups in total. The molecule has 0 radical (unpaired) electrons. The van der Waals surface area contributed by atoms with Crippen molar-refractivity contribution < 1.29 is 18.8 Å². The third kappa shape index (κ3) is 4.88. The van der Waals surface area contributed by atoms with Gasteiger partial charge in [-0.15, -0.1) is 11.3 Å². The summed E-state index contributed by atoms with van der Waals surface area (Å²) < 4.78 is 12.1. The van der Waals surface area contributed by atoms with E-state index in [9.17, 15) is 9.59 Å². The number of thiophene rings is 1. The Morgan fingerprint density at radius 2 is 1.53 bits per heavy atom. The lowest BCUT2D eigenvalue weighted by Crippen LogP contribution is -2.67. The predicted molar refractivity (Wildman–Crippen MR) is 136 cm³/mol. The predicted octanol–water partition coefficient (Wildman–Crippen LogP) is 4.81. The first-order valence-corrected chi connectivity index (χ1v) is 13.7. The molecule has 3 rings (SSSR count). The second-order valence-electron chi connectivity index (χ2n) is 8.28. The maximum absolute atomic E-state index is 12.9. The first-order chi connectivity index (χ1) is 15.2. The Hall–Kier alpha value is -2.26. The maximum atomic E-state index is 12.9. The van der Waals surface area contributed by atoms with Gasteiger partial charge in [0.15, 0.2) is 0 Å². The normalized spacial score (nSPS) is 11.8. The number of carbonyl (C=O) groups excluding carboxylic acids is 2. The van der Waals surface area contributed by atoms with Gasteiger partial charge in [0.05, 0.1) is 7.11 Å². The van der Waals surface area contributed by atoms with Gasteiger partial charge in [0, 0.05) is 9.85 Å². The lowest BCUT2D eigenvalue weighted by molar-refractivity contribution is -0.118. The highest BCUT2D eigenvalue weighted by Gasteiger charge is 2.50. The Labute approximate surface area is 202 Å². The molecule has 0 unspecified atom stereocenters. The van der Waals surface area contributed by atoms with E-state index in [1.54, 1.807) is 5.38 Å². The molecule has 0 saturated heterocycles. The molecule has 0 fully saturated rings. The van der Waals surface area contributed by atoms with Crippen molar-refractivity contribution in [3.05, 3.63) is 76.1 Å². The number of methoxy groups -OCH3 is 1. The van der Waals surface area contributed by atoms with E-state index < -0.39 is 14.3 Å². The minimum absolute atomic E-state index is 0.136. The summed E-state index contributed by atoms with van der Waals surface area (Å²) in [6.45, 7) is 6.33. The van der Waals surface area contributed by atoms with Crippen LogP contribution in [-0.2, 0) is 14.0 Å². The molecule has 0 bridgehead atoms. The first kappa shape index (κ1) is 24.4. The number of esters is 1. The summed E-state index contributed by atoms with van der Waals surface area (Å²) in [6, 6.07) is 20.3. The zero-order chi connectivity index (χ0) is 23.4. The third-order valence-electron chi connectivity index (χ3n) is 5.23. The van der Waals surface area contributed by atoms with Crippen LogP contribution in [-0.4, -0.2) is 33.9 Å². The zero-order valence-electron chi connectivity index (χ0n) is 18.5. The van der Waals surface area contributed by atoms with Gasteiger partial charge in [-0.2, -0.15) is 0 Å². The van der Waals surface area contributed by atoms with Gasteiger partial charge in [-0.05, 0) is 31.3 Å². The fraction of sp³-hybridized carbons (Fsp3) is 0.250. The van der Waals surface area contributed by atoms with Crippen LogP contribution in [0.2, 0.25) is 5.04 Å². The number of hydrogen-bond donors (Lipinski definition) is 1. The molecular formula is C24H26BrNO4SSi. The molecule has 0 atom stereocenters. The van der Waals surface area contributed by atoms with E-state index in [1.807, 2.05) is 36.4 Å². The number of anilines is 1. The van der Waals surface area contributed by atoms with Crippen LogP contribution >= 0.6 is 27.3 Å². The van der Waals surface area contributed by atoms with Gasteiger partial charge in [-0.3, -0.25) is 4.79 Å². The Balaban J connectivity index is 1.94. The fourth-order valence-electron chi connectivity index (χ4n) is 3.82. The summed E-state index contributed by atoms with van der Waals surface area (Å²) in [7, 11) is -1.52. The van der Waals surface area contributed by atoms with Crippen molar-refractivity contribution in [1.29, 1.82) is 0 Å². The zero-order valence-corrected chi connectivity index (χ0v) is 21.9. The van der Waals surface area contributed by atoms with Crippen molar-refractivity contribution >= 4 is 62.8 Å². The Morgan fingerprint density at radius 3 is 2.00 bits per heavy atom. The highest BCUT2D eigenvalue weighted by Crippen LogP contribution is 2.37. The van der Waals surface area contributed by atoms with Crippen LogP contribution in [0.5, 0.6) is 0 Å². The lowest BCUT2D eigenvalue weighted by Gasteiger charge is -2.42. The van der Waals surface area contributed by atoms with Crippen molar-refractivity contribution in [1.82, 2.24) is 0 Å². The molecule has 5 nitrogen and oxygen atoms in total. The SMILES string of the molecule is COC(=O)c1c(Br)csc1NC(=O)CO[Si](c1ccccc1)(c1ccccc1)C(C)(C)C. The highest BCUT2D eigenvalue weighted by molar-refractivity contribution is 9.10. The summed E-state index contributed by atoms with van der Waals surface area (Å²) in [6.07, 6.45) is 0. The van der Waals surface area contributed by atoms with Crippen molar-refractivity contribution in [2.24, 2.45) is 0 Å². The maximum Gasteiger partial charge on any atom is 0.342 e. The van der Waals surface area contributed by atoms with Crippen LogP contribution in [0.3, 0.4) is 0 Å². The van der Waals surface area contributed by atoms with Crippen molar-refractivity contribution in [2.45, 2.75) is 25.8 Å². The average Bonchev–Trinajstić information content (AvgIpc) is 3.14. The largest absolute Gasteiger partial charge is 0.465 e. The van der Waals surface area contributed by atoms with E-state index in [0.717, 1.165) is 10.4 Å². The van der Waals surface area contributed by atoms with Gasteiger partial charge in [-0.25, -0.2) is 4.79 Å². The molecule has 3 aromatic rings. The van der Waals surface area contributed by atoms with E-state index in [2.05, 4.69) is 66.3 Å². The van der Waals surface area contributed by atoms with Crippen molar-refractivity contribution in [3.8, 4) is 0 Å². The second-order valence-corrected chi connectivity index (χ2v) is 14.3. The van der Waals surface area contributed by atoms with E-state index in [0.29, 0.717) is 15.0 Å². The molecule has 0 aliphatic carbocycles. The monoisotopic (exact) mass is 531 g/mol. The topological polar surface area (TPSA) is 64.6 Å². The van der Waals surface area contributed by atoms with E-state index in [4.69, 9.17) is 9.16 Å². The molecule has 0 aliphatic rings. The van der Waals surface area contributed by atoms with Gasteiger partial charge in [0.2, 0.25) is 5.91 Å². The molecular weight excluding hydrogens is 506 g/mol. The fourth-order valence-corrected chi connectivity index (χ4v) is 9.92. The Bertz CT molecular complexity index is 1040. The van der Waals surface area contributed by atoms with Gasteiger partial charge in [-0.1, -0.05) is 81.4 Å². The number of hydrogen-bond acceptors (Lipinski definition) is 5. The number of halogens is 1. The molecule has 0 aliphatic heterocycles. The third-order valence-corrected chi connectivity index (χ3v) is 12.0. The number of nitrogens with one attached hydrogen (secondary N) is 1. The molecule has 8 heteroatoms. The summed E-state index contributed by atoms with van der Waals surface area (Å²) in [5, 5.41) is 6.95. The van der Waals surface area contributed by atoms with Crippen LogP contribution in [0.4, 0.5) is 5.00 Å². The minimum atomic E-state index is -2.82.